The first-order valence-corrected chi connectivity index (χ1v) is 8.75. The average Bonchev–Trinajstić information content (AvgIpc) is 2.57. The minimum absolute atomic E-state index is 0.0818. The van der Waals surface area contributed by atoms with Crippen LogP contribution in [0.1, 0.15) is 11.1 Å². The molecule has 0 saturated carbocycles. The van der Waals surface area contributed by atoms with Crippen molar-refractivity contribution in [3.63, 3.8) is 0 Å². The molecule has 0 heterocycles. The van der Waals surface area contributed by atoms with Gasteiger partial charge in [-0.15, -0.1) is 0 Å². The van der Waals surface area contributed by atoms with Crippen molar-refractivity contribution in [3.8, 4) is 5.75 Å². The number of amides is 1. The van der Waals surface area contributed by atoms with Crippen molar-refractivity contribution < 1.29 is 9.53 Å². The Morgan fingerprint density at radius 1 is 1.21 bits per heavy atom. The number of benzene rings is 2. The van der Waals surface area contributed by atoms with E-state index in [1.807, 2.05) is 37.3 Å². The predicted molar refractivity (Wildman–Crippen MR) is 103 cm³/mol. The molecule has 4 nitrogen and oxygen atoms in total. The van der Waals surface area contributed by atoms with Crippen molar-refractivity contribution in [1.29, 1.82) is 0 Å². The monoisotopic (exact) mass is 406 g/mol. The van der Waals surface area contributed by atoms with Crippen molar-refractivity contribution in [1.82, 2.24) is 10.6 Å². The van der Waals surface area contributed by atoms with Gasteiger partial charge in [-0.1, -0.05) is 46.3 Å². The fourth-order valence-corrected chi connectivity index (χ4v) is 2.49. The quantitative estimate of drug-likeness (QED) is 0.721. The summed E-state index contributed by atoms with van der Waals surface area (Å²) in [4.78, 5) is 11.8. The van der Waals surface area contributed by atoms with Gasteiger partial charge >= 0.3 is 0 Å². The van der Waals surface area contributed by atoms with E-state index in [0.717, 1.165) is 16.5 Å². The van der Waals surface area contributed by atoms with Crippen LogP contribution in [0.4, 0.5) is 0 Å². The van der Waals surface area contributed by atoms with Gasteiger partial charge in [-0.2, -0.15) is 0 Å². The van der Waals surface area contributed by atoms with E-state index in [2.05, 4.69) is 38.7 Å². The third-order valence-electron chi connectivity index (χ3n) is 3.29. The van der Waals surface area contributed by atoms with Crippen LogP contribution in [0, 0.1) is 6.92 Å². The topological polar surface area (TPSA) is 50.4 Å². The Morgan fingerprint density at radius 3 is 2.67 bits per heavy atom. The predicted octanol–water partition coefficient (Wildman–Crippen LogP) is 3.37. The van der Waals surface area contributed by atoms with Crippen LogP contribution in [0.2, 0.25) is 0 Å². The first-order valence-electron chi connectivity index (χ1n) is 7.55. The summed E-state index contributed by atoms with van der Waals surface area (Å²) >= 11 is 8.53. The average molecular weight is 407 g/mol. The van der Waals surface area contributed by atoms with Crippen molar-refractivity contribution in [2.45, 2.75) is 13.3 Å². The normalized spacial score (nSPS) is 10.1. The Labute approximate surface area is 155 Å². The first kappa shape index (κ1) is 18.4. The van der Waals surface area contributed by atoms with E-state index in [-0.39, 0.29) is 12.5 Å². The molecule has 0 atom stereocenters. The van der Waals surface area contributed by atoms with Crippen LogP contribution in [0.5, 0.6) is 5.75 Å². The summed E-state index contributed by atoms with van der Waals surface area (Å²) in [6.07, 6.45) is 0.839. The van der Waals surface area contributed by atoms with Gasteiger partial charge in [-0.3, -0.25) is 4.79 Å². The fourth-order valence-electron chi connectivity index (χ4n) is 2.03. The number of aryl methyl sites for hydroxylation is 1. The molecule has 0 aliphatic carbocycles. The molecular formula is C18H19BrN2O2S. The van der Waals surface area contributed by atoms with Gasteiger partial charge in [0.2, 0.25) is 0 Å². The summed E-state index contributed by atoms with van der Waals surface area (Å²) in [5, 5.41) is 5.94. The number of ether oxygens (including phenoxy) is 1. The van der Waals surface area contributed by atoms with Gasteiger partial charge in [-0.25, -0.2) is 0 Å². The minimum Gasteiger partial charge on any atom is -0.484 e. The van der Waals surface area contributed by atoms with Crippen molar-refractivity contribution in [3.05, 3.63) is 64.1 Å². The first-order chi connectivity index (χ1) is 11.5. The lowest BCUT2D eigenvalue weighted by atomic mass is 10.1. The van der Waals surface area contributed by atoms with Crippen molar-refractivity contribution in [2.24, 2.45) is 0 Å². The molecule has 0 spiro atoms. The highest BCUT2D eigenvalue weighted by Crippen LogP contribution is 2.21. The number of halogens is 1. The summed E-state index contributed by atoms with van der Waals surface area (Å²) in [6.45, 7) is 2.54. The van der Waals surface area contributed by atoms with Crippen LogP contribution < -0.4 is 15.4 Å². The van der Waals surface area contributed by atoms with Gasteiger partial charge in [0.15, 0.2) is 11.7 Å². The van der Waals surface area contributed by atoms with Crippen LogP contribution in [0.15, 0.2) is 53.0 Å². The van der Waals surface area contributed by atoms with Gasteiger partial charge < -0.3 is 15.4 Å². The molecule has 0 fully saturated rings. The maximum Gasteiger partial charge on any atom is 0.264 e. The number of carbonyl (C=O) groups excluding carboxylic acids is 1. The maximum atomic E-state index is 11.8. The lowest BCUT2D eigenvalue weighted by molar-refractivity contribution is -0.121. The Morgan fingerprint density at radius 2 is 1.96 bits per heavy atom. The molecule has 0 aromatic heterocycles. The highest BCUT2D eigenvalue weighted by atomic mass is 79.9. The van der Waals surface area contributed by atoms with Gasteiger partial charge in [0, 0.05) is 11.0 Å². The summed E-state index contributed by atoms with van der Waals surface area (Å²) in [5.41, 5.74) is 2.26. The number of hydrogen-bond acceptors (Lipinski definition) is 3. The molecular weight excluding hydrogens is 388 g/mol. The van der Waals surface area contributed by atoms with Crippen LogP contribution in [0.3, 0.4) is 0 Å². The number of nitrogens with one attached hydrogen (secondary N) is 2. The molecule has 0 aliphatic heterocycles. The van der Waals surface area contributed by atoms with Crippen molar-refractivity contribution in [2.75, 3.05) is 13.2 Å². The highest BCUT2D eigenvalue weighted by Gasteiger charge is 2.06. The molecule has 0 bridgehead atoms. The third kappa shape index (κ3) is 6.29. The second kappa shape index (κ2) is 9.39. The van der Waals surface area contributed by atoms with E-state index >= 15 is 0 Å². The Balaban J connectivity index is 1.67. The molecule has 2 N–H and O–H groups in total. The molecule has 2 aromatic rings. The summed E-state index contributed by atoms with van der Waals surface area (Å²) in [5.74, 6) is 0.363. The Bertz CT molecular complexity index is 707. The number of rotatable bonds is 6. The van der Waals surface area contributed by atoms with Gasteiger partial charge in [0.25, 0.3) is 5.91 Å². The molecule has 0 saturated heterocycles. The number of hydrogen-bond donors (Lipinski definition) is 2. The molecule has 2 aromatic carbocycles. The lowest BCUT2D eigenvalue weighted by Crippen LogP contribution is -2.42. The molecule has 0 radical (unpaired) electrons. The smallest absolute Gasteiger partial charge is 0.264 e. The van der Waals surface area contributed by atoms with E-state index in [1.54, 1.807) is 6.07 Å². The second-order valence-corrected chi connectivity index (χ2v) is 6.50. The summed E-state index contributed by atoms with van der Waals surface area (Å²) < 4.78 is 6.46. The van der Waals surface area contributed by atoms with Crippen LogP contribution >= 0.6 is 28.1 Å². The largest absolute Gasteiger partial charge is 0.484 e. The molecule has 126 valence electrons. The second-order valence-electron chi connectivity index (χ2n) is 5.24. The third-order valence-corrected chi connectivity index (χ3v) is 4.43. The van der Waals surface area contributed by atoms with Crippen molar-refractivity contribution >= 4 is 39.2 Å². The molecule has 0 aliphatic rings. The molecule has 1 amide bonds. The molecule has 6 heteroatoms. The van der Waals surface area contributed by atoms with Gasteiger partial charge in [-0.05, 0) is 54.9 Å². The zero-order chi connectivity index (χ0) is 17.4. The van der Waals surface area contributed by atoms with Crippen LogP contribution in [0.25, 0.3) is 0 Å². The zero-order valence-electron chi connectivity index (χ0n) is 13.3. The van der Waals surface area contributed by atoms with Crippen LogP contribution in [-0.2, 0) is 11.2 Å². The molecule has 0 unspecified atom stereocenters. The standard InChI is InChI=1S/C18H19BrN2O2S/c1-13-11-15(7-8-16(13)19)23-12-17(22)21-18(24)20-10-9-14-5-3-2-4-6-14/h2-8,11H,9-10,12H2,1H3,(H2,20,21,22,24). The summed E-state index contributed by atoms with van der Waals surface area (Å²) in [6, 6.07) is 15.6. The summed E-state index contributed by atoms with van der Waals surface area (Å²) in [7, 11) is 0. The van der Waals surface area contributed by atoms with E-state index < -0.39 is 0 Å². The van der Waals surface area contributed by atoms with E-state index in [9.17, 15) is 4.79 Å². The Hall–Kier alpha value is -1.92. The van der Waals surface area contributed by atoms with E-state index in [4.69, 9.17) is 17.0 Å². The molecule has 2 rings (SSSR count). The lowest BCUT2D eigenvalue weighted by Gasteiger charge is -2.11. The van der Waals surface area contributed by atoms with Gasteiger partial charge in [0.1, 0.15) is 5.75 Å². The maximum absolute atomic E-state index is 11.8. The van der Waals surface area contributed by atoms with Crippen LogP contribution in [-0.4, -0.2) is 24.2 Å². The van der Waals surface area contributed by atoms with E-state index in [1.165, 1.54) is 5.56 Å². The fraction of sp³-hybridized carbons (Fsp3) is 0.222. The SMILES string of the molecule is Cc1cc(OCC(=O)NC(=S)NCCc2ccccc2)ccc1Br. The van der Waals surface area contributed by atoms with E-state index in [0.29, 0.717) is 17.4 Å². The highest BCUT2D eigenvalue weighted by molar-refractivity contribution is 9.10. The van der Waals surface area contributed by atoms with Gasteiger partial charge in [0.05, 0.1) is 0 Å². The number of carbonyl (C=O) groups is 1. The zero-order valence-corrected chi connectivity index (χ0v) is 15.7. The Kier molecular flexibility index (Phi) is 7.21. The molecule has 24 heavy (non-hydrogen) atoms. The minimum atomic E-state index is -0.284. The number of thiocarbonyl (C=S) groups is 1.